The van der Waals surface area contributed by atoms with Crippen molar-refractivity contribution in [1.82, 2.24) is 0 Å². The van der Waals surface area contributed by atoms with Crippen molar-refractivity contribution in [2.45, 2.75) is 95.2 Å². The second-order valence-electron chi connectivity index (χ2n) is 22.6. The first kappa shape index (κ1) is 158. The van der Waals surface area contributed by atoms with E-state index in [9.17, 15) is 73.8 Å². The Bertz CT molecular complexity index is 3810. The number of carbonyl (C=O) groups excluding carboxylic acids is 8. The average Bonchev–Trinajstić information content (AvgIpc) is 1.64. The van der Waals surface area contributed by atoms with Gasteiger partial charge in [0.15, 0.2) is 51.0 Å². The molecule has 46 heteroatoms. The smallest absolute Gasteiger partial charge is 0.338 e. The third-order valence-electron chi connectivity index (χ3n) is 14.7. The van der Waals surface area contributed by atoms with Crippen LogP contribution < -0.4 is 17.2 Å². The number of benzene rings is 8. The number of ether oxygens (including phenoxy) is 7. The molecule has 13 N–H and O–H groups in total. The molecule has 26 nitrogen and oxygen atoms in total. The molecule has 1 aliphatic rings. The molecule has 1 saturated heterocycles. The minimum atomic E-state index is -1.33. The fourth-order valence-electron chi connectivity index (χ4n) is 8.56. The van der Waals surface area contributed by atoms with Crippen molar-refractivity contribution in [2.24, 2.45) is 17.2 Å². The van der Waals surface area contributed by atoms with E-state index in [4.69, 9.17) is 85.0 Å². The van der Waals surface area contributed by atoms with Crippen molar-refractivity contribution in [2.75, 3.05) is 50.0 Å². The number of amides is 1. The fraction of sp³-hybridized carbons (Fsp3) is 0.291. The second-order valence-corrected chi connectivity index (χ2v) is 43.9. The Kier molecular flexibility index (Phi) is 122. The first-order valence-electron chi connectivity index (χ1n) is 34.8. The van der Waals surface area contributed by atoms with Gasteiger partial charge in [-0.3, -0.25) is 38.6 Å². The molecule has 1 fully saturated rings. The topological polar surface area (TPSA) is 441 Å². The number of hydrogen-bond donors (Lipinski definition) is 10. The van der Waals surface area contributed by atoms with E-state index < -0.39 is 129 Å². The zero-order valence-corrected chi connectivity index (χ0v) is 104. The van der Waals surface area contributed by atoms with Gasteiger partial charge < -0.3 is 184 Å². The van der Waals surface area contributed by atoms with E-state index >= 15 is 0 Å². The Labute approximate surface area is 1000 Å². The van der Waals surface area contributed by atoms with Crippen molar-refractivity contribution >= 4 is 361 Å². The van der Waals surface area contributed by atoms with Crippen molar-refractivity contribution in [3.63, 3.8) is 0 Å². The maximum atomic E-state index is 11.5. The summed E-state index contributed by atoms with van der Waals surface area (Å²) >= 11 is 49.9. The molecule has 0 saturated carbocycles. The fourth-order valence-corrected chi connectivity index (χ4v) is 9.62. The van der Waals surface area contributed by atoms with Crippen LogP contribution in [0, 0.1) is 19.7 Å². The van der Waals surface area contributed by atoms with Crippen molar-refractivity contribution in [3.05, 3.63) is 307 Å². The van der Waals surface area contributed by atoms with Crippen molar-refractivity contribution in [1.29, 1.82) is 0 Å². The number of nitrogens with two attached hydrogens (primary N) is 3. The van der Waals surface area contributed by atoms with Crippen molar-refractivity contribution < 1.29 is 186 Å². The molecule has 0 aromatic heterocycles. The maximum Gasteiger partial charge on any atom is 0.338 e. The zero-order chi connectivity index (χ0) is 96.7. The minimum absolute atomic E-state index is 0. The summed E-state index contributed by atoms with van der Waals surface area (Å²) in [5.74, 6) is -6.14. The van der Waals surface area contributed by atoms with Gasteiger partial charge in [0.2, 0.25) is 5.91 Å². The first-order chi connectivity index (χ1) is 59.5. The van der Waals surface area contributed by atoms with Gasteiger partial charge in [-0.1, -0.05) is 386 Å². The molecule has 1 amide bonds. The molecule has 0 aliphatic carbocycles. The van der Waals surface area contributed by atoms with Gasteiger partial charge in [0.1, 0.15) is 30.5 Å². The number of carbonyl (C=O) groups is 9. The number of aliphatic carboxylic acids is 1. The van der Waals surface area contributed by atoms with E-state index in [1.165, 1.54) is 45.1 Å². The van der Waals surface area contributed by atoms with E-state index in [-0.39, 0.29) is 125 Å². The molecule has 8 aromatic rings. The van der Waals surface area contributed by atoms with Gasteiger partial charge in [-0.15, -0.1) is 82.0 Å². The number of methoxy groups -OCH3 is 6. The van der Waals surface area contributed by atoms with E-state index in [1.54, 1.807) is 182 Å². The number of carboxylic acids is 1. The molecule has 8 aromatic carbocycles. The van der Waals surface area contributed by atoms with Crippen LogP contribution in [-0.4, -0.2) is 184 Å². The first-order valence-corrected chi connectivity index (χ1v) is 51.5. The molecule has 0 spiro atoms. The normalized spacial score (nSPS) is 13.5. The summed E-state index contributed by atoms with van der Waals surface area (Å²) in [6, 6.07) is 69.0. The summed E-state index contributed by atoms with van der Waals surface area (Å²) in [5.41, 5.74) is 21.3. The zero-order valence-electron chi connectivity index (χ0n) is 70.8. The molecular formula is C86H105Cl5I11N3O23V4-4. The molecular weight excluding hydrogens is 3220 g/mol. The predicted molar refractivity (Wildman–Crippen MR) is 605 cm³/mol. The molecule has 7 unspecified atom stereocenters. The van der Waals surface area contributed by atoms with Gasteiger partial charge in [0.25, 0.3) is 0 Å². The number of ketones is 1. The van der Waals surface area contributed by atoms with Crippen LogP contribution >= 0.6 is 308 Å². The predicted octanol–water partition coefficient (Wildman–Crippen LogP) is 20.2. The molecule has 1 heterocycles. The quantitative estimate of drug-likeness (QED) is 0.00415. The van der Waals surface area contributed by atoms with Crippen LogP contribution in [0.4, 0.5) is 0 Å². The van der Waals surface area contributed by atoms with Crippen LogP contribution in [0.5, 0.6) is 0 Å². The molecule has 738 valence electrons. The average molecular weight is 3330 g/mol. The largest absolute Gasteiger partial charge is 0.480 e. The van der Waals surface area contributed by atoms with E-state index in [0.29, 0.717) is 38.9 Å². The number of carboxylic acid groups (broad SMARTS) is 1. The van der Waals surface area contributed by atoms with Crippen LogP contribution in [0.25, 0.3) is 0 Å². The van der Waals surface area contributed by atoms with Crippen LogP contribution in [0.3, 0.4) is 0 Å². The standard InChI is InChI=1S/3C10H11ClO3.C10H9ClO3.C10H13NO3.C10H10O3.C9H9ClO3.C9H12N2O2.CHI3.CH2I2.CHI2.CH3I.2CH2I.CH4.CH3.HI.4V/c4*1-14-10(13)8(11)9(12)7-5-3-2-4-6-7;1-14-10(13)9(12)8(11)7-5-3-2-4-6-7;1-12-10(11)9-8(13-9)7-5-3-2-4-6-7;10-7(9(12)13)8(11)6-4-2-1-3-5-6;10-7(8(12)9(11)13)6-4-2-1-3-5-6;2-1(3)4;2*2-1-3;3*1-2;;;;;;;/h3*2-6,8-9,12H,1H3;2-6,8H,1H3;2-6,8-9,12H,11H2,1H3;2-6,8-9H,1H3;1-5,7-8,11H,(H,12,13);1-5,7-8,12H,10H2,(H2,11,13);1H;1H2;1H;1H3;2*1H2;1H4;1H3;1H;;;;/q;;;;;;;;;;-1;;2*-1;;-1;;;;;/t2*8-,9+;;;;8-,9-;7-,8+;;;;;;;;;;;;;;/m00...11............../s1. The molecule has 0 bridgehead atoms. The van der Waals surface area contributed by atoms with Crippen LogP contribution in [-0.2, 0) is 146 Å². The summed E-state index contributed by atoms with van der Waals surface area (Å²) in [5, 5.41) is 59.9. The van der Waals surface area contributed by atoms with Crippen LogP contribution in [0.1, 0.15) is 99.3 Å². The number of hydrogen-bond acceptors (Lipinski definition) is 24. The number of rotatable bonds is 23. The monoisotopic (exact) mass is 3320 g/mol. The Morgan fingerprint density at radius 1 is 0.409 bits per heavy atom. The van der Waals surface area contributed by atoms with Gasteiger partial charge in [-0.05, 0) is 43.9 Å². The van der Waals surface area contributed by atoms with E-state index in [0.717, 1.165) is 5.50 Å². The Morgan fingerprint density at radius 2 is 0.621 bits per heavy atom. The Morgan fingerprint density at radius 3 is 0.841 bits per heavy atom. The third kappa shape index (κ3) is 72.0. The maximum absolute atomic E-state index is 11.5. The van der Waals surface area contributed by atoms with Gasteiger partial charge in [0, 0.05) is 79.8 Å². The van der Waals surface area contributed by atoms with Gasteiger partial charge in [-0.25, -0.2) is 16.8 Å². The molecule has 4 radical (unpaired) electrons. The number of aliphatic hydroxyl groups is 6. The van der Waals surface area contributed by atoms with Crippen LogP contribution in [0.15, 0.2) is 243 Å². The van der Waals surface area contributed by atoms with Crippen molar-refractivity contribution in [3.8, 4) is 0 Å². The third-order valence-corrected chi connectivity index (χ3v) is 16.8. The Balaban J connectivity index is -0.000000121. The van der Waals surface area contributed by atoms with Gasteiger partial charge in [-0.2, -0.15) is 0 Å². The molecule has 1 aliphatic heterocycles. The summed E-state index contributed by atoms with van der Waals surface area (Å²) in [7, 11) is 7.46. The Hall–Kier alpha value is 0.648. The molecule has 9 rings (SSSR count). The number of Topliss-reactive ketones (excluding diaryl/α,β-unsaturated/α-hetero) is 1. The SMILES string of the molecule is C.CI.COC(=O)C(Cl)C(=O)c1ccccc1.COC(=O)C(Cl)C(O)c1ccccc1.COC(=O)C(O)C(N)c1ccccc1.COC(=O)[C@@H](Cl)[C@H](O)c1ccccc1.COC(=O)[C@@H](Cl)[C@H](O)c1ccccc1.COC(=O)[C@@H]1O[C@@H]1c1ccccc1.I.IC(I)I.ICI.I[CH-]I.NC(=O)C(O)C(N)c1ccccc1.O=C(O)[C@H](Cl)[C@@H](O)c1ccccc1.[CH2-]I.[CH2-]I.[CH3-].[V].[V].[V].[V]. The summed E-state index contributed by atoms with van der Waals surface area (Å²) in [6.45, 7) is 0. The van der Waals surface area contributed by atoms with Gasteiger partial charge in [0.05, 0.1) is 57.2 Å². The number of aliphatic hydroxyl groups excluding tert-OH is 6. The number of halogens is 16. The number of alkyl halides is 11. The number of epoxide rings is 1. The van der Waals surface area contributed by atoms with E-state index in [2.05, 4.69) is 219 Å². The summed E-state index contributed by atoms with van der Waals surface area (Å²) in [6.07, 6.45) is -7.42. The number of primary amides is 1. The molecule has 132 heavy (non-hydrogen) atoms. The van der Waals surface area contributed by atoms with E-state index in [1.807, 2.05) is 113 Å². The van der Waals surface area contributed by atoms with Gasteiger partial charge >= 0.3 is 41.8 Å². The number of esters is 6. The minimum Gasteiger partial charge on any atom is -0.480 e. The summed E-state index contributed by atoms with van der Waals surface area (Å²) in [4.78, 5) is 107. The van der Waals surface area contributed by atoms with Crippen LogP contribution in [0.2, 0.25) is 0 Å². The summed E-state index contributed by atoms with van der Waals surface area (Å²) < 4.78 is 35.6. The second kappa shape index (κ2) is 102. The molecule has 15 atom stereocenters.